The first-order chi connectivity index (χ1) is 8.73. The molecule has 2 fully saturated rings. The van der Waals surface area contributed by atoms with Gasteiger partial charge in [-0.05, 0) is 38.8 Å². The molecule has 0 radical (unpaired) electrons. The molecule has 1 amide bonds. The van der Waals surface area contributed by atoms with Crippen LogP contribution in [-0.4, -0.2) is 61.9 Å². The van der Waals surface area contributed by atoms with Gasteiger partial charge in [0.15, 0.2) is 0 Å². The maximum atomic E-state index is 12.8. The topological polar surface area (TPSA) is 61.8 Å². The third kappa shape index (κ3) is 2.84. The lowest BCUT2D eigenvalue weighted by atomic mass is 9.78. The second-order valence-corrected chi connectivity index (χ2v) is 5.42. The smallest absolute Gasteiger partial charge is 0.231 e. The minimum absolute atomic E-state index is 0.0452. The minimum atomic E-state index is -0.377. The lowest BCUT2D eigenvalue weighted by Gasteiger charge is -2.39. The molecule has 104 valence electrons. The lowest BCUT2D eigenvalue weighted by molar-refractivity contribution is -0.148. The van der Waals surface area contributed by atoms with Crippen molar-refractivity contribution in [2.75, 3.05) is 40.0 Å². The van der Waals surface area contributed by atoms with Crippen molar-refractivity contribution >= 4 is 5.91 Å². The summed E-state index contributed by atoms with van der Waals surface area (Å²) >= 11 is 0. The van der Waals surface area contributed by atoms with Gasteiger partial charge in [0.1, 0.15) is 0 Å². The molecule has 0 spiro atoms. The molecule has 18 heavy (non-hydrogen) atoms. The molecule has 2 N–H and O–H groups in total. The third-order valence-electron chi connectivity index (χ3n) is 4.02. The zero-order chi connectivity index (χ0) is 13.0. The molecular formula is C13H24N2O3. The zero-order valence-electron chi connectivity index (χ0n) is 11.2. The number of rotatable bonds is 6. The quantitative estimate of drug-likeness (QED) is 0.701. The van der Waals surface area contributed by atoms with Crippen molar-refractivity contribution in [2.45, 2.75) is 31.7 Å². The number of ether oxygens (including phenoxy) is 1. The summed E-state index contributed by atoms with van der Waals surface area (Å²) in [5.74, 6) is 0.183. The summed E-state index contributed by atoms with van der Waals surface area (Å²) < 4.78 is 5.30. The van der Waals surface area contributed by atoms with Gasteiger partial charge in [-0.3, -0.25) is 4.79 Å². The Morgan fingerprint density at radius 2 is 2.11 bits per heavy atom. The second-order valence-electron chi connectivity index (χ2n) is 5.42. The maximum Gasteiger partial charge on any atom is 0.231 e. The summed E-state index contributed by atoms with van der Waals surface area (Å²) in [6, 6.07) is 0.355. The van der Waals surface area contributed by atoms with Gasteiger partial charge >= 0.3 is 0 Å². The third-order valence-corrected chi connectivity index (χ3v) is 4.02. The van der Waals surface area contributed by atoms with E-state index in [0.29, 0.717) is 19.2 Å². The number of amides is 1. The van der Waals surface area contributed by atoms with Crippen LogP contribution in [0.2, 0.25) is 0 Å². The van der Waals surface area contributed by atoms with E-state index >= 15 is 0 Å². The Hall–Kier alpha value is -0.650. The number of nitrogens with zero attached hydrogens (tertiary/aromatic N) is 1. The standard InChI is InChI=1S/C13H24N2O3/c1-18-10-13(4-6-14-7-5-13)12(17)15(8-9-16)11-2-3-11/h11,14,16H,2-10H2,1H3. The molecule has 0 aromatic rings. The van der Waals surface area contributed by atoms with E-state index in [1.54, 1.807) is 7.11 Å². The van der Waals surface area contributed by atoms with Crippen LogP contribution in [-0.2, 0) is 9.53 Å². The Morgan fingerprint density at radius 3 is 2.61 bits per heavy atom. The Kier molecular flexibility index (Phi) is 4.59. The highest BCUT2D eigenvalue weighted by atomic mass is 16.5. The van der Waals surface area contributed by atoms with E-state index in [-0.39, 0.29) is 17.9 Å². The van der Waals surface area contributed by atoms with Crippen molar-refractivity contribution in [1.29, 1.82) is 0 Å². The number of methoxy groups -OCH3 is 1. The molecule has 1 aliphatic carbocycles. The minimum Gasteiger partial charge on any atom is -0.395 e. The summed E-state index contributed by atoms with van der Waals surface area (Å²) in [5, 5.41) is 12.4. The fourth-order valence-electron chi connectivity index (χ4n) is 2.85. The normalized spacial score (nSPS) is 22.8. The maximum absolute atomic E-state index is 12.8. The van der Waals surface area contributed by atoms with Gasteiger partial charge in [-0.15, -0.1) is 0 Å². The van der Waals surface area contributed by atoms with Crippen molar-refractivity contribution in [3.05, 3.63) is 0 Å². The van der Waals surface area contributed by atoms with E-state index < -0.39 is 0 Å². The van der Waals surface area contributed by atoms with Gasteiger partial charge in [-0.1, -0.05) is 0 Å². The largest absolute Gasteiger partial charge is 0.395 e. The van der Waals surface area contributed by atoms with E-state index in [4.69, 9.17) is 9.84 Å². The summed E-state index contributed by atoms with van der Waals surface area (Å²) in [6.45, 7) is 2.73. The number of aliphatic hydroxyl groups excluding tert-OH is 1. The SMILES string of the molecule is COCC1(C(=O)N(CCO)C2CC2)CCNCC1. The summed E-state index contributed by atoms with van der Waals surface area (Å²) in [4.78, 5) is 14.7. The first kappa shape index (κ1) is 13.8. The highest BCUT2D eigenvalue weighted by molar-refractivity contribution is 5.83. The Labute approximate surface area is 108 Å². The molecule has 2 rings (SSSR count). The first-order valence-corrected chi connectivity index (χ1v) is 6.85. The number of aliphatic hydroxyl groups is 1. The van der Waals surface area contributed by atoms with Crippen LogP contribution in [0, 0.1) is 5.41 Å². The highest BCUT2D eigenvalue weighted by Gasteiger charge is 2.45. The van der Waals surface area contributed by atoms with Gasteiger partial charge < -0.3 is 20.1 Å². The van der Waals surface area contributed by atoms with Crippen LogP contribution in [0.4, 0.5) is 0 Å². The molecule has 1 saturated heterocycles. The van der Waals surface area contributed by atoms with E-state index in [1.165, 1.54) is 0 Å². The van der Waals surface area contributed by atoms with E-state index in [2.05, 4.69) is 5.32 Å². The van der Waals surface area contributed by atoms with Crippen LogP contribution in [0.15, 0.2) is 0 Å². The van der Waals surface area contributed by atoms with Gasteiger partial charge in [-0.25, -0.2) is 0 Å². The monoisotopic (exact) mass is 256 g/mol. The molecule has 1 heterocycles. The fourth-order valence-corrected chi connectivity index (χ4v) is 2.85. The average molecular weight is 256 g/mol. The number of carbonyl (C=O) groups excluding carboxylic acids is 1. The number of nitrogens with one attached hydrogen (secondary N) is 1. The first-order valence-electron chi connectivity index (χ1n) is 6.85. The van der Waals surface area contributed by atoms with Gasteiger partial charge in [0.2, 0.25) is 5.91 Å². The molecule has 0 aromatic carbocycles. The van der Waals surface area contributed by atoms with E-state index in [0.717, 1.165) is 38.8 Å². The van der Waals surface area contributed by atoms with Crippen LogP contribution < -0.4 is 5.32 Å². The molecule has 0 atom stereocenters. The molecule has 1 saturated carbocycles. The van der Waals surface area contributed by atoms with Gasteiger partial charge in [0, 0.05) is 19.7 Å². The number of hydrogen-bond donors (Lipinski definition) is 2. The average Bonchev–Trinajstić information content (AvgIpc) is 3.21. The lowest BCUT2D eigenvalue weighted by Crippen LogP contribution is -2.52. The highest BCUT2D eigenvalue weighted by Crippen LogP contribution is 2.36. The van der Waals surface area contributed by atoms with Crippen molar-refractivity contribution in [2.24, 2.45) is 5.41 Å². The summed E-state index contributed by atoms with van der Waals surface area (Å²) in [7, 11) is 1.66. The van der Waals surface area contributed by atoms with Crippen molar-refractivity contribution in [1.82, 2.24) is 10.2 Å². The van der Waals surface area contributed by atoms with Crippen LogP contribution >= 0.6 is 0 Å². The molecule has 0 aromatic heterocycles. The predicted octanol–water partition coefficient (Wildman–Crippen LogP) is -0.0141. The summed E-state index contributed by atoms with van der Waals surface area (Å²) in [5.41, 5.74) is -0.377. The number of carbonyl (C=O) groups is 1. The van der Waals surface area contributed by atoms with E-state index in [9.17, 15) is 4.79 Å². The molecule has 0 unspecified atom stereocenters. The number of piperidine rings is 1. The van der Waals surface area contributed by atoms with Crippen LogP contribution in [0.3, 0.4) is 0 Å². The van der Waals surface area contributed by atoms with Crippen LogP contribution in [0.5, 0.6) is 0 Å². The zero-order valence-corrected chi connectivity index (χ0v) is 11.2. The Bertz CT molecular complexity index is 280. The predicted molar refractivity (Wildman–Crippen MR) is 68.2 cm³/mol. The fraction of sp³-hybridized carbons (Fsp3) is 0.923. The second kappa shape index (κ2) is 5.99. The summed E-state index contributed by atoms with van der Waals surface area (Å²) in [6.07, 6.45) is 3.81. The van der Waals surface area contributed by atoms with E-state index in [1.807, 2.05) is 4.90 Å². The van der Waals surface area contributed by atoms with Crippen molar-refractivity contribution in [3.63, 3.8) is 0 Å². The van der Waals surface area contributed by atoms with Crippen molar-refractivity contribution in [3.8, 4) is 0 Å². The molecule has 1 aliphatic heterocycles. The number of hydrogen-bond acceptors (Lipinski definition) is 4. The van der Waals surface area contributed by atoms with Gasteiger partial charge in [0.05, 0.1) is 18.6 Å². The Balaban J connectivity index is 2.09. The molecule has 0 bridgehead atoms. The van der Waals surface area contributed by atoms with Crippen molar-refractivity contribution < 1.29 is 14.6 Å². The molecular weight excluding hydrogens is 232 g/mol. The van der Waals surface area contributed by atoms with Crippen LogP contribution in [0.1, 0.15) is 25.7 Å². The molecule has 5 heteroatoms. The van der Waals surface area contributed by atoms with Gasteiger partial charge in [-0.2, -0.15) is 0 Å². The van der Waals surface area contributed by atoms with Crippen LogP contribution in [0.25, 0.3) is 0 Å². The molecule has 5 nitrogen and oxygen atoms in total. The molecule has 2 aliphatic rings. The Morgan fingerprint density at radius 1 is 1.44 bits per heavy atom. The van der Waals surface area contributed by atoms with Gasteiger partial charge in [0.25, 0.3) is 0 Å².